The Morgan fingerprint density at radius 2 is 1.63 bits per heavy atom. The number of nitrogens with two attached hydrogens (primary N) is 1. The summed E-state index contributed by atoms with van der Waals surface area (Å²) in [5, 5.41) is 2.15. The van der Waals surface area contributed by atoms with Crippen LogP contribution in [0.25, 0.3) is 10.8 Å². The first-order chi connectivity index (χ1) is 14.5. The van der Waals surface area contributed by atoms with Crippen LogP contribution in [0.2, 0.25) is 0 Å². The zero-order chi connectivity index (χ0) is 20.8. The molecule has 0 amide bonds. The van der Waals surface area contributed by atoms with Gasteiger partial charge in [0.05, 0.1) is 6.04 Å². The first-order valence-electron chi connectivity index (χ1n) is 10.4. The van der Waals surface area contributed by atoms with E-state index >= 15 is 0 Å². The number of halogens is 3. The molecule has 0 bridgehead atoms. The second-order valence-electron chi connectivity index (χ2n) is 8.19. The molecule has 2 aliphatic heterocycles. The molecule has 0 aromatic heterocycles. The van der Waals surface area contributed by atoms with E-state index in [-0.39, 0.29) is 5.56 Å². The minimum atomic E-state index is -1.23. The van der Waals surface area contributed by atoms with E-state index in [4.69, 9.17) is 10.5 Å². The van der Waals surface area contributed by atoms with Crippen molar-refractivity contribution in [3.05, 3.63) is 71.0 Å². The second-order valence-corrected chi connectivity index (χ2v) is 8.19. The van der Waals surface area contributed by atoms with Gasteiger partial charge in [-0.3, -0.25) is 0 Å². The number of anilines is 1. The third-order valence-electron chi connectivity index (χ3n) is 6.22. The molecule has 0 radical (unpaired) electrons. The average molecular weight is 412 g/mol. The monoisotopic (exact) mass is 412 g/mol. The first kappa shape index (κ1) is 19.2. The summed E-state index contributed by atoms with van der Waals surface area (Å²) in [4.78, 5) is 2.41. The fourth-order valence-corrected chi connectivity index (χ4v) is 4.65. The standard InChI is InChI=1S/C24H23F3N2O/c25-19-13-21(27)20(26)11-18(19)24-22(28)12-17-16-6-5-15(29-8-2-1-3-9-29)10-14(16)4-7-23(17)30-24/h4-7,10-11,13,22,24H,1-3,8-9,12,28H2/t22-,24+/m0/s1. The van der Waals surface area contributed by atoms with Crippen molar-refractivity contribution in [2.24, 2.45) is 5.73 Å². The number of benzene rings is 3. The first-order valence-corrected chi connectivity index (χ1v) is 10.4. The maximum Gasteiger partial charge on any atom is 0.161 e. The molecular formula is C24H23F3N2O. The van der Waals surface area contributed by atoms with E-state index in [0.717, 1.165) is 35.5 Å². The van der Waals surface area contributed by atoms with Crippen molar-refractivity contribution in [3.63, 3.8) is 0 Å². The largest absolute Gasteiger partial charge is 0.484 e. The number of ether oxygens (including phenoxy) is 1. The van der Waals surface area contributed by atoms with Gasteiger partial charge in [-0.25, -0.2) is 13.2 Å². The average Bonchev–Trinajstić information content (AvgIpc) is 2.76. The number of piperidine rings is 1. The van der Waals surface area contributed by atoms with E-state index in [9.17, 15) is 13.2 Å². The quantitative estimate of drug-likeness (QED) is 0.584. The highest BCUT2D eigenvalue weighted by Gasteiger charge is 2.32. The second kappa shape index (κ2) is 7.51. The van der Waals surface area contributed by atoms with Gasteiger partial charge in [-0.1, -0.05) is 12.1 Å². The molecule has 0 saturated carbocycles. The molecule has 3 nitrogen and oxygen atoms in total. The maximum absolute atomic E-state index is 14.3. The van der Waals surface area contributed by atoms with Crippen LogP contribution in [0, 0.1) is 17.5 Å². The topological polar surface area (TPSA) is 38.5 Å². The lowest BCUT2D eigenvalue weighted by atomic mass is 9.90. The Labute approximate surface area is 173 Å². The zero-order valence-electron chi connectivity index (χ0n) is 16.5. The van der Waals surface area contributed by atoms with Gasteiger partial charge < -0.3 is 15.4 Å². The van der Waals surface area contributed by atoms with Crippen LogP contribution in [0.1, 0.15) is 36.5 Å². The Morgan fingerprint density at radius 3 is 2.43 bits per heavy atom. The summed E-state index contributed by atoms with van der Waals surface area (Å²) in [5.41, 5.74) is 8.42. The molecular weight excluding hydrogens is 389 g/mol. The van der Waals surface area contributed by atoms with Crippen LogP contribution in [0.5, 0.6) is 5.75 Å². The lowest BCUT2D eigenvalue weighted by Gasteiger charge is -2.33. The van der Waals surface area contributed by atoms with Gasteiger partial charge in [0.1, 0.15) is 17.7 Å². The molecule has 1 fully saturated rings. The van der Waals surface area contributed by atoms with E-state index < -0.39 is 29.6 Å². The summed E-state index contributed by atoms with van der Waals surface area (Å²) >= 11 is 0. The third-order valence-corrected chi connectivity index (χ3v) is 6.22. The summed E-state index contributed by atoms with van der Waals surface area (Å²) in [6.45, 7) is 2.15. The molecule has 156 valence electrons. The summed E-state index contributed by atoms with van der Waals surface area (Å²) in [6.07, 6.45) is 3.29. The molecule has 0 spiro atoms. The molecule has 2 heterocycles. The minimum absolute atomic E-state index is 0.0624. The van der Waals surface area contributed by atoms with Crippen LogP contribution < -0.4 is 15.4 Å². The van der Waals surface area contributed by atoms with Gasteiger partial charge in [-0.15, -0.1) is 0 Å². The number of nitrogens with zero attached hydrogens (tertiary/aromatic N) is 1. The normalized spacial score (nSPS) is 21.4. The van der Waals surface area contributed by atoms with Crippen molar-refractivity contribution in [2.45, 2.75) is 37.8 Å². The van der Waals surface area contributed by atoms with Gasteiger partial charge in [0.2, 0.25) is 0 Å². The highest BCUT2D eigenvalue weighted by Crippen LogP contribution is 2.40. The van der Waals surface area contributed by atoms with Gasteiger partial charge in [-0.05, 0) is 60.7 Å². The molecule has 0 aliphatic carbocycles. The number of hydrogen-bond donors (Lipinski definition) is 1. The van der Waals surface area contributed by atoms with Crippen LogP contribution in [0.4, 0.5) is 18.9 Å². The molecule has 0 unspecified atom stereocenters. The van der Waals surface area contributed by atoms with Crippen molar-refractivity contribution in [1.29, 1.82) is 0 Å². The Kier molecular flexibility index (Phi) is 4.82. The van der Waals surface area contributed by atoms with Crippen molar-refractivity contribution >= 4 is 16.5 Å². The summed E-state index contributed by atoms with van der Waals surface area (Å²) in [5.74, 6) is -2.60. The van der Waals surface area contributed by atoms with Gasteiger partial charge in [0.25, 0.3) is 0 Å². The molecule has 30 heavy (non-hydrogen) atoms. The lowest BCUT2D eigenvalue weighted by Crippen LogP contribution is -2.38. The zero-order valence-corrected chi connectivity index (χ0v) is 16.5. The minimum Gasteiger partial charge on any atom is -0.484 e. The van der Waals surface area contributed by atoms with Crippen LogP contribution in [-0.4, -0.2) is 19.1 Å². The lowest BCUT2D eigenvalue weighted by molar-refractivity contribution is 0.149. The molecule has 2 aliphatic rings. The summed E-state index contributed by atoms with van der Waals surface area (Å²) in [6, 6.07) is 11.0. The number of fused-ring (bicyclic) bond motifs is 3. The van der Waals surface area contributed by atoms with Crippen molar-refractivity contribution < 1.29 is 17.9 Å². The Morgan fingerprint density at radius 1 is 0.867 bits per heavy atom. The fraction of sp³-hybridized carbons (Fsp3) is 0.333. The number of rotatable bonds is 2. The Balaban J connectivity index is 1.50. The third kappa shape index (κ3) is 3.29. The SMILES string of the molecule is N[C@H]1Cc2c(ccc3cc(N4CCCCC4)ccc23)O[C@@H]1c1cc(F)c(F)cc1F. The Bertz CT molecular complexity index is 1110. The van der Waals surface area contributed by atoms with Crippen LogP contribution in [-0.2, 0) is 6.42 Å². The van der Waals surface area contributed by atoms with Crippen molar-refractivity contribution in [3.8, 4) is 5.75 Å². The molecule has 6 heteroatoms. The van der Waals surface area contributed by atoms with Gasteiger partial charge in [-0.2, -0.15) is 0 Å². The summed E-state index contributed by atoms with van der Waals surface area (Å²) < 4.78 is 47.3. The van der Waals surface area contributed by atoms with Crippen molar-refractivity contribution in [1.82, 2.24) is 0 Å². The van der Waals surface area contributed by atoms with E-state index in [2.05, 4.69) is 23.1 Å². The fourth-order valence-electron chi connectivity index (χ4n) is 4.65. The van der Waals surface area contributed by atoms with E-state index in [1.807, 2.05) is 12.1 Å². The molecule has 5 rings (SSSR count). The van der Waals surface area contributed by atoms with Crippen molar-refractivity contribution in [2.75, 3.05) is 18.0 Å². The highest BCUT2D eigenvalue weighted by atomic mass is 19.2. The molecule has 3 aromatic carbocycles. The molecule has 2 N–H and O–H groups in total. The van der Waals surface area contributed by atoms with Crippen LogP contribution in [0.3, 0.4) is 0 Å². The van der Waals surface area contributed by atoms with E-state index in [1.165, 1.54) is 24.9 Å². The summed E-state index contributed by atoms with van der Waals surface area (Å²) in [7, 11) is 0. The van der Waals surface area contributed by atoms with Gasteiger partial charge >= 0.3 is 0 Å². The molecule has 1 saturated heterocycles. The predicted octanol–water partition coefficient (Wildman–Crippen LogP) is 5.25. The Hall–Kier alpha value is -2.73. The van der Waals surface area contributed by atoms with Crippen LogP contribution in [0.15, 0.2) is 42.5 Å². The van der Waals surface area contributed by atoms with Crippen LogP contribution >= 0.6 is 0 Å². The van der Waals surface area contributed by atoms with E-state index in [1.54, 1.807) is 0 Å². The molecule has 3 aromatic rings. The predicted molar refractivity (Wildman–Crippen MR) is 111 cm³/mol. The van der Waals surface area contributed by atoms with Gasteiger partial charge in [0.15, 0.2) is 11.6 Å². The van der Waals surface area contributed by atoms with Gasteiger partial charge in [0, 0.05) is 36.0 Å². The molecule has 2 atom stereocenters. The smallest absolute Gasteiger partial charge is 0.161 e. The maximum atomic E-state index is 14.3. The van der Waals surface area contributed by atoms with E-state index in [0.29, 0.717) is 18.2 Å². The highest BCUT2D eigenvalue weighted by molar-refractivity contribution is 5.90. The number of hydrogen-bond acceptors (Lipinski definition) is 3.